The van der Waals surface area contributed by atoms with Crippen molar-refractivity contribution in [3.05, 3.63) is 89.8 Å². The number of carbonyl (C=O) groups excluding carboxylic acids is 2. The molecule has 0 amide bonds. The molecular weight excluding hydrogens is 517 g/mol. The standard InChI is InChI=1S/C20H8Cl6O4/c21-11-5-15(25)17(7-13(11)23)29-19(27)9-3-1-2-4-10(9)20(28)30-18-8-14(24)12(22)6-16(18)26/h1-8H. The van der Waals surface area contributed by atoms with E-state index in [1.165, 1.54) is 36.4 Å². The maximum atomic E-state index is 12.7. The van der Waals surface area contributed by atoms with Crippen LogP contribution in [0.3, 0.4) is 0 Å². The van der Waals surface area contributed by atoms with Gasteiger partial charge in [-0.15, -0.1) is 0 Å². The lowest BCUT2D eigenvalue weighted by Gasteiger charge is -2.12. The lowest BCUT2D eigenvalue weighted by molar-refractivity contribution is 0.0692. The predicted octanol–water partition coefficient (Wildman–Crippen LogP) is 8.05. The first-order valence-corrected chi connectivity index (χ1v) is 10.3. The topological polar surface area (TPSA) is 52.6 Å². The molecule has 154 valence electrons. The molecule has 0 aliphatic heterocycles. The smallest absolute Gasteiger partial charge is 0.344 e. The Hall–Kier alpha value is -1.66. The fraction of sp³-hybridized carbons (Fsp3) is 0. The van der Waals surface area contributed by atoms with Gasteiger partial charge in [0.1, 0.15) is 0 Å². The zero-order valence-electron chi connectivity index (χ0n) is 14.5. The van der Waals surface area contributed by atoms with Gasteiger partial charge in [-0.2, -0.15) is 0 Å². The molecule has 0 saturated heterocycles. The Bertz CT molecular complexity index is 1070. The molecule has 3 rings (SSSR count). The molecule has 0 heterocycles. The summed E-state index contributed by atoms with van der Waals surface area (Å²) in [5.41, 5.74) is -0.137. The van der Waals surface area contributed by atoms with Crippen molar-refractivity contribution in [2.24, 2.45) is 0 Å². The van der Waals surface area contributed by atoms with Gasteiger partial charge in [0.25, 0.3) is 0 Å². The first-order chi connectivity index (χ1) is 14.2. The van der Waals surface area contributed by atoms with E-state index in [9.17, 15) is 9.59 Å². The number of ether oxygens (including phenoxy) is 2. The quantitative estimate of drug-likeness (QED) is 0.197. The Morgan fingerprint density at radius 1 is 0.533 bits per heavy atom. The number of hydrogen-bond acceptors (Lipinski definition) is 4. The number of esters is 2. The van der Waals surface area contributed by atoms with Crippen LogP contribution in [0.15, 0.2) is 48.5 Å². The minimum atomic E-state index is -0.858. The van der Waals surface area contributed by atoms with Crippen molar-refractivity contribution in [3.8, 4) is 11.5 Å². The van der Waals surface area contributed by atoms with Crippen molar-refractivity contribution in [1.82, 2.24) is 0 Å². The fourth-order valence-corrected chi connectivity index (χ4v) is 3.46. The van der Waals surface area contributed by atoms with E-state index >= 15 is 0 Å². The Morgan fingerprint density at radius 2 is 0.867 bits per heavy atom. The average molecular weight is 525 g/mol. The maximum absolute atomic E-state index is 12.7. The molecule has 0 aromatic heterocycles. The minimum Gasteiger partial charge on any atom is -0.421 e. The normalized spacial score (nSPS) is 10.6. The molecule has 0 unspecified atom stereocenters. The number of carbonyl (C=O) groups is 2. The summed E-state index contributed by atoms with van der Waals surface area (Å²) < 4.78 is 10.6. The molecule has 3 aromatic rings. The van der Waals surface area contributed by atoms with Gasteiger partial charge >= 0.3 is 11.9 Å². The first kappa shape index (κ1) is 23.0. The molecule has 4 nitrogen and oxygen atoms in total. The van der Waals surface area contributed by atoms with Crippen molar-refractivity contribution in [3.63, 3.8) is 0 Å². The molecule has 30 heavy (non-hydrogen) atoms. The van der Waals surface area contributed by atoms with Crippen LogP contribution in [-0.2, 0) is 0 Å². The van der Waals surface area contributed by atoms with Gasteiger partial charge in [0, 0.05) is 12.1 Å². The first-order valence-electron chi connectivity index (χ1n) is 8.00. The molecule has 0 N–H and O–H groups in total. The van der Waals surface area contributed by atoms with Gasteiger partial charge in [-0.1, -0.05) is 81.7 Å². The highest BCUT2D eigenvalue weighted by Crippen LogP contribution is 2.36. The molecule has 10 heteroatoms. The Morgan fingerprint density at radius 3 is 1.23 bits per heavy atom. The molecular formula is C20H8Cl6O4. The van der Waals surface area contributed by atoms with Gasteiger partial charge in [-0.3, -0.25) is 0 Å². The maximum Gasteiger partial charge on any atom is 0.344 e. The van der Waals surface area contributed by atoms with Crippen LogP contribution in [-0.4, -0.2) is 11.9 Å². The number of halogens is 6. The van der Waals surface area contributed by atoms with Crippen LogP contribution in [0.5, 0.6) is 11.5 Å². The van der Waals surface area contributed by atoms with Crippen LogP contribution in [0.1, 0.15) is 20.7 Å². The van der Waals surface area contributed by atoms with E-state index in [0.717, 1.165) is 0 Å². The van der Waals surface area contributed by atoms with Gasteiger partial charge in [0.15, 0.2) is 11.5 Å². The van der Waals surface area contributed by atoms with E-state index < -0.39 is 11.9 Å². The SMILES string of the molecule is O=C(Oc1cc(Cl)c(Cl)cc1Cl)c1ccccc1C(=O)Oc1cc(Cl)c(Cl)cc1Cl. The summed E-state index contributed by atoms with van der Waals surface area (Å²) in [6, 6.07) is 11.1. The van der Waals surface area contributed by atoms with E-state index in [-0.39, 0.29) is 52.8 Å². The second kappa shape index (κ2) is 9.65. The van der Waals surface area contributed by atoms with Gasteiger partial charge < -0.3 is 9.47 Å². The lowest BCUT2D eigenvalue weighted by Crippen LogP contribution is -2.17. The third-order valence-corrected chi connectivity index (χ3v) is 5.76. The summed E-state index contributed by atoms with van der Waals surface area (Å²) in [6.45, 7) is 0. The largest absolute Gasteiger partial charge is 0.421 e. The highest BCUT2D eigenvalue weighted by molar-refractivity contribution is 6.44. The van der Waals surface area contributed by atoms with Crippen molar-refractivity contribution in [1.29, 1.82) is 0 Å². The van der Waals surface area contributed by atoms with Crippen molar-refractivity contribution in [2.75, 3.05) is 0 Å². The van der Waals surface area contributed by atoms with E-state index in [4.69, 9.17) is 79.1 Å². The summed E-state index contributed by atoms with van der Waals surface area (Å²) in [7, 11) is 0. The van der Waals surface area contributed by atoms with Crippen LogP contribution in [0.2, 0.25) is 30.1 Å². The van der Waals surface area contributed by atoms with E-state index in [0.29, 0.717) is 0 Å². The highest BCUT2D eigenvalue weighted by Gasteiger charge is 2.22. The average Bonchev–Trinajstić information content (AvgIpc) is 2.70. The van der Waals surface area contributed by atoms with Gasteiger partial charge in [-0.25, -0.2) is 9.59 Å². The molecule has 3 aromatic carbocycles. The minimum absolute atomic E-state index is 0.0215. The Kier molecular flexibility index (Phi) is 7.40. The molecule has 0 fully saturated rings. The summed E-state index contributed by atoms with van der Waals surface area (Å²) in [5.74, 6) is -1.76. The number of hydrogen-bond donors (Lipinski definition) is 0. The van der Waals surface area contributed by atoms with Crippen LogP contribution in [0.25, 0.3) is 0 Å². The van der Waals surface area contributed by atoms with Gasteiger partial charge in [0.05, 0.1) is 41.3 Å². The van der Waals surface area contributed by atoms with Crippen LogP contribution in [0, 0.1) is 0 Å². The molecule has 0 aliphatic carbocycles. The molecule has 0 spiro atoms. The molecule has 0 aliphatic rings. The zero-order valence-corrected chi connectivity index (χ0v) is 19.1. The monoisotopic (exact) mass is 522 g/mol. The Balaban J connectivity index is 1.89. The number of rotatable bonds is 4. The summed E-state index contributed by atoms with van der Waals surface area (Å²) in [4.78, 5) is 25.4. The molecule has 0 radical (unpaired) electrons. The fourth-order valence-electron chi connectivity index (χ4n) is 2.31. The van der Waals surface area contributed by atoms with Crippen molar-refractivity contribution < 1.29 is 19.1 Å². The highest BCUT2D eigenvalue weighted by atomic mass is 35.5. The molecule has 0 bridgehead atoms. The second-order valence-corrected chi connectivity index (χ2v) is 8.16. The van der Waals surface area contributed by atoms with E-state index in [1.54, 1.807) is 12.1 Å². The third kappa shape index (κ3) is 5.14. The molecule has 0 atom stereocenters. The van der Waals surface area contributed by atoms with E-state index in [2.05, 4.69) is 0 Å². The summed E-state index contributed by atoms with van der Waals surface area (Å²) >= 11 is 35.7. The summed E-state index contributed by atoms with van der Waals surface area (Å²) in [5, 5.41) is 0.824. The van der Waals surface area contributed by atoms with Crippen LogP contribution >= 0.6 is 69.6 Å². The van der Waals surface area contributed by atoms with Crippen LogP contribution < -0.4 is 9.47 Å². The van der Waals surface area contributed by atoms with Crippen molar-refractivity contribution >= 4 is 81.5 Å². The lowest BCUT2D eigenvalue weighted by atomic mass is 10.1. The van der Waals surface area contributed by atoms with Crippen molar-refractivity contribution in [2.45, 2.75) is 0 Å². The number of benzene rings is 3. The van der Waals surface area contributed by atoms with Crippen LogP contribution in [0.4, 0.5) is 0 Å². The third-order valence-electron chi connectivity index (χ3n) is 3.72. The van der Waals surface area contributed by atoms with Gasteiger partial charge in [-0.05, 0) is 24.3 Å². The zero-order chi connectivity index (χ0) is 22.0. The van der Waals surface area contributed by atoms with Gasteiger partial charge in [0.2, 0.25) is 0 Å². The Labute approximate surface area is 201 Å². The second-order valence-electron chi connectivity index (χ2n) is 5.72. The molecule has 0 saturated carbocycles. The predicted molar refractivity (Wildman–Crippen MR) is 119 cm³/mol. The summed E-state index contributed by atoms with van der Waals surface area (Å²) in [6.07, 6.45) is 0. The van der Waals surface area contributed by atoms with E-state index in [1.807, 2.05) is 0 Å².